The second-order valence-corrected chi connectivity index (χ2v) is 4.81. The maximum Gasteiger partial charge on any atom is 0.255 e. The van der Waals surface area contributed by atoms with Gasteiger partial charge in [0.25, 0.3) is 5.91 Å². The minimum atomic E-state index is -0.727. The number of carbonyl (C=O) groups excluding carboxylic acids is 2. The second kappa shape index (κ2) is 5.82. The number of primary amides is 1. The SMILES string of the molecule is Cc1cc(Cl)c(C(=O)NC(C(N)=O)C(C)C)cn1. The molecule has 6 heteroatoms. The number of aromatic nitrogens is 1. The molecule has 1 heterocycles. The van der Waals surface area contributed by atoms with E-state index in [4.69, 9.17) is 17.3 Å². The standard InChI is InChI=1S/C12H16ClN3O2/c1-6(2)10(11(14)17)16-12(18)8-5-15-7(3)4-9(8)13/h4-6,10H,1-3H3,(H2,14,17)(H,16,18). The number of carbonyl (C=O) groups is 2. The lowest BCUT2D eigenvalue weighted by Gasteiger charge is -2.19. The van der Waals surface area contributed by atoms with Crippen molar-refractivity contribution < 1.29 is 9.59 Å². The van der Waals surface area contributed by atoms with E-state index in [1.54, 1.807) is 26.8 Å². The summed E-state index contributed by atoms with van der Waals surface area (Å²) in [4.78, 5) is 27.2. The Morgan fingerprint density at radius 2 is 2.06 bits per heavy atom. The van der Waals surface area contributed by atoms with Crippen LogP contribution in [-0.2, 0) is 4.79 Å². The molecule has 3 N–H and O–H groups in total. The van der Waals surface area contributed by atoms with Crippen LogP contribution < -0.4 is 11.1 Å². The van der Waals surface area contributed by atoms with Gasteiger partial charge in [0.15, 0.2) is 0 Å². The molecular weight excluding hydrogens is 254 g/mol. The molecule has 1 unspecified atom stereocenters. The maximum atomic E-state index is 12.0. The highest BCUT2D eigenvalue weighted by atomic mass is 35.5. The van der Waals surface area contributed by atoms with Gasteiger partial charge in [0.2, 0.25) is 5.91 Å². The summed E-state index contributed by atoms with van der Waals surface area (Å²) in [5.74, 6) is -1.12. The van der Waals surface area contributed by atoms with Crippen molar-refractivity contribution in [3.05, 3.63) is 28.5 Å². The van der Waals surface area contributed by atoms with Crippen molar-refractivity contribution in [3.63, 3.8) is 0 Å². The third kappa shape index (κ3) is 3.43. The van der Waals surface area contributed by atoms with Crippen molar-refractivity contribution in [2.75, 3.05) is 0 Å². The average Bonchev–Trinajstić information content (AvgIpc) is 2.24. The van der Waals surface area contributed by atoms with Crippen molar-refractivity contribution >= 4 is 23.4 Å². The molecule has 5 nitrogen and oxygen atoms in total. The summed E-state index contributed by atoms with van der Waals surface area (Å²) >= 11 is 5.95. The Morgan fingerprint density at radius 3 is 2.50 bits per heavy atom. The van der Waals surface area contributed by atoms with Crippen molar-refractivity contribution in [1.29, 1.82) is 0 Å². The van der Waals surface area contributed by atoms with E-state index in [0.29, 0.717) is 10.7 Å². The van der Waals surface area contributed by atoms with Gasteiger partial charge in [-0.1, -0.05) is 25.4 Å². The number of nitrogens with two attached hydrogens (primary N) is 1. The minimum absolute atomic E-state index is 0.0939. The predicted molar refractivity (Wildman–Crippen MR) is 69.3 cm³/mol. The number of pyridine rings is 1. The van der Waals surface area contributed by atoms with Crippen molar-refractivity contribution in [2.24, 2.45) is 11.7 Å². The number of halogens is 1. The summed E-state index contributed by atoms with van der Waals surface area (Å²) in [6.45, 7) is 5.36. The number of nitrogens with zero attached hydrogens (tertiary/aromatic N) is 1. The first-order valence-corrected chi connectivity index (χ1v) is 5.93. The minimum Gasteiger partial charge on any atom is -0.368 e. The lowest BCUT2D eigenvalue weighted by atomic mass is 10.0. The van der Waals surface area contributed by atoms with Crippen LogP contribution in [0.5, 0.6) is 0 Å². The van der Waals surface area contributed by atoms with Crippen molar-refractivity contribution in [2.45, 2.75) is 26.8 Å². The summed E-state index contributed by atoms with van der Waals surface area (Å²) in [7, 11) is 0. The topological polar surface area (TPSA) is 85.1 Å². The monoisotopic (exact) mass is 269 g/mol. The Morgan fingerprint density at radius 1 is 1.44 bits per heavy atom. The van der Waals surface area contributed by atoms with Gasteiger partial charge in [0.05, 0.1) is 10.6 Å². The first-order chi connectivity index (χ1) is 8.32. The fraction of sp³-hybridized carbons (Fsp3) is 0.417. The number of nitrogens with one attached hydrogen (secondary N) is 1. The van der Waals surface area contributed by atoms with Gasteiger partial charge in [-0.05, 0) is 18.9 Å². The predicted octanol–water partition coefficient (Wildman–Crippen LogP) is 1.28. The van der Waals surface area contributed by atoms with E-state index in [0.717, 1.165) is 0 Å². The molecule has 0 aliphatic rings. The molecular formula is C12H16ClN3O2. The van der Waals surface area contributed by atoms with Gasteiger partial charge < -0.3 is 11.1 Å². The molecule has 1 rings (SSSR count). The van der Waals surface area contributed by atoms with Crippen molar-refractivity contribution in [3.8, 4) is 0 Å². The Bertz CT molecular complexity index is 474. The van der Waals surface area contributed by atoms with Crippen LogP contribution in [0.25, 0.3) is 0 Å². The van der Waals surface area contributed by atoms with Gasteiger partial charge in [-0.25, -0.2) is 0 Å². The molecule has 0 saturated heterocycles. The van der Waals surface area contributed by atoms with Gasteiger partial charge in [-0.2, -0.15) is 0 Å². The van der Waals surface area contributed by atoms with Crippen LogP contribution in [0.3, 0.4) is 0 Å². The number of rotatable bonds is 4. The molecule has 0 radical (unpaired) electrons. The van der Waals surface area contributed by atoms with Crippen LogP contribution in [0, 0.1) is 12.8 Å². The second-order valence-electron chi connectivity index (χ2n) is 4.40. The molecule has 0 bridgehead atoms. The molecule has 1 aromatic heterocycles. The summed E-state index contributed by atoms with van der Waals surface area (Å²) in [5, 5.41) is 2.85. The molecule has 0 saturated carbocycles. The number of hydrogen-bond acceptors (Lipinski definition) is 3. The first-order valence-electron chi connectivity index (χ1n) is 5.55. The van der Waals surface area contributed by atoms with E-state index in [2.05, 4.69) is 10.3 Å². The lowest BCUT2D eigenvalue weighted by Crippen LogP contribution is -2.47. The summed E-state index contributed by atoms with van der Waals surface area (Å²) in [6, 6.07) is 0.861. The normalized spacial score (nSPS) is 12.3. The quantitative estimate of drug-likeness (QED) is 0.863. The van der Waals surface area contributed by atoms with Gasteiger partial charge >= 0.3 is 0 Å². The molecule has 2 amide bonds. The van der Waals surface area contributed by atoms with E-state index in [9.17, 15) is 9.59 Å². The summed E-state index contributed by atoms with van der Waals surface area (Å²) < 4.78 is 0. The van der Waals surface area contributed by atoms with Crippen LogP contribution in [0.4, 0.5) is 0 Å². The average molecular weight is 270 g/mol. The largest absolute Gasteiger partial charge is 0.368 e. The number of amides is 2. The molecule has 0 aliphatic heterocycles. The Balaban J connectivity index is 2.91. The highest BCUT2D eigenvalue weighted by Gasteiger charge is 2.23. The van der Waals surface area contributed by atoms with Crippen LogP contribution in [0.15, 0.2) is 12.3 Å². The number of aryl methyl sites for hydroxylation is 1. The van der Waals surface area contributed by atoms with Gasteiger partial charge in [0.1, 0.15) is 6.04 Å². The van der Waals surface area contributed by atoms with Gasteiger partial charge in [0, 0.05) is 11.9 Å². The molecule has 0 spiro atoms. The van der Waals surface area contributed by atoms with Crippen LogP contribution in [0.1, 0.15) is 29.9 Å². The summed E-state index contributed by atoms with van der Waals surface area (Å²) in [6.07, 6.45) is 1.38. The van der Waals surface area contributed by atoms with E-state index < -0.39 is 17.9 Å². The molecule has 0 fully saturated rings. The molecule has 98 valence electrons. The zero-order valence-electron chi connectivity index (χ0n) is 10.5. The van der Waals surface area contributed by atoms with Crippen molar-refractivity contribution in [1.82, 2.24) is 10.3 Å². The third-order valence-corrected chi connectivity index (χ3v) is 2.81. The van der Waals surface area contributed by atoms with E-state index in [1.807, 2.05) is 0 Å². The van der Waals surface area contributed by atoms with Crippen LogP contribution >= 0.6 is 11.6 Å². The fourth-order valence-corrected chi connectivity index (χ4v) is 1.77. The van der Waals surface area contributed by atoms with Crippen LogP contribution in [-0.4, -0.2) is 22.8 Å². The number of hydrogen-bond donors (Lipinski definition) is 2. The Hall–Kier alpha value is -1.62. The highest BCUT2D eigenvalue weighted by Crippen LogP contribution is 2.16. The summed E-state index contributed by atoms with van der Waals surface area (Å²) in [5.41, 5.74) is 6.17. The van der Waals surface area contributed by atoms with E-state index in [1.165, 1.54) is 6.20 Å². The Labute approximate surface area is 111 Å². The van der Waals surface area contributed by atoms with Gasteiger partial charge in [-0.3, -0.25) is 14.6 Å². The maximum absolute atomic E-state index is 12.0. The zero-order valence-corrected chi connectivity index (χ0v) is 11.3. The molecule has 1 atom stereocenters. The first kappa shape index (κ1) is 14.4. The molecule has 18 heavy (non-hydrogen) atoms. The third-order valence-electron chi connectivity index (χ3n) is 2.49. The smallest absolute Gasteiger partial charge is 0.255 e. The molecule has 0 aromatic carbocycles. The zero-order chi connectivity index (χ0) is 13.9. The van der Waals surface area contributed by atoms with Crippen LogP contribution in [0.2, 0.25) is 5.02 Å². The van der Waals surface area contributed by atoms with Gasteiger partial charge in [-0.15, -0.1) is 0 Å². The molecule has 0 aliphatic carbocycles. The lowest BCUT2D eigenvalue weighted by molar-refractivity contribution is -0.120. The molecule has 1 aromatic rings. The fourth-order valence-electron chi connectivity index (χ4n) is 1.48. The Kier molecular flexibility index (Phi) is 4.67. The highest BCUT2D eigenvalue weighted by molar-refractivity contribution is 6.33. The van der Waals surface area contributed by atoms with E-state index >= 15 is 0 Å². The van der Waals surface area contributed by atoms with E-state index in [-0.39, 0.29) is 11.5 Å².